The third-order valence-corrected chi connectivity index (χ3v) is 5.23. The maximum atomic E-state index is 12.5. The average molecular weight is 286 g/mol. The molecule has 4 nitrogen and oxygen atoms in total. The summed E-state index contributed by atoms with van der Waals surface area (Å²) in [6.45, 7) is 5.17. The zero-order chi connectivity index (χ0) is 14.4. The van der Waals surface area contributed by atoms with E-state index in [9.17, 15) is 4.79 Å². The van der Waals surface area contributed by atoms with E-state index in [1.165, 1.54) is 12.0 Å². The summed E-state index contributed by atoms with van der Waals surface area (Å²) in [7, 11) is 0. The van der Waals surface area contributed by atoms with Gasteiger partial charge >= 0.3 is 0 Å². The molecule has 112 valence electrons. The molecule has 4 atom stereocenters. The molecule has 3 aliphatic rings. The molecule has 0 saturated carbocycles. The molecule has 1 aromatic carbocycles. The van der Waals surface area contributed by atoms with E-state index in [2.05, 4.69) is 17.1 Å². The summed E-state index contributed by atoms with van der Waals surface area (Å²) in [6.07, 6.45) is 3.32. The predicted octanol–water partition coefficient (Wildman–Crippen LogP) is 1.83. The molecule has 4 unspecified atom stereocenters. The first-order chi connectivity index (χ1) is 10.2. The molecule has 4 rings (SSSR count). The van der Waals surface area contributed by atoms with E-state index in [1.807, 2.05) is 18.2 Å². The molecule has 1 N–H and O–H groups in total. The molecule has 4 heteroatoms. The average Bonchev–Trinajstić information content (AvgIpc) is 3.05. The number of amides is 1. The van der Waals surface area contributed by atoms with Crippen molar-refractivity contribution in [3.63, 3.8) is 0 Å². The molecule has 3 aliphatic heterocycles. The lowest BCUT2D eigenvalue weighted by atomic mass is 9.96. The van der Waals surface area contributed by atoms with E-state index in [-0.39, 0.29) is 5.91 Å². The number of carbonyl (C=O) groups excluding carboxylic acids is 1. The first-order valence-electron chi connectivity index (χ1n) is 8.01. The first-order valence-corrected chi connectivity index (χ1v) is 8.01. The van der Waals surface area contributed by atoms with Crippen LogP contribution in [0.4, 0.5) is 0 Å². The van der Waals surface area contributed by atoms with E-state index in [0.717, 1.165) is 43.9 Å². The van der Waals surface area contributed by atoms with Gasteiger partial charge in [-0.15, -0.1) is 0 Å². The van der Waals surface area contributed by atoms with Crippen LogP contribution in [0.2, 0.25) is 0 Å². The van der Waals surface area contributed by atoms with E-state index in [1.54, 1.807) is 0 Å². The van der Waals surface area contributed by atoms with Crippen molar-refractivity contribution in [2.45, 2.75) is 38.3 Å². The van der Waals surface area contributed by atoms with Crippen molar-refractivity contribution in [2.75, 3.05) is 19.7 Å². The Kier molecular flexibility index (Phi) is 3.14. The molecule has 21 heavy (non-hydrogen) atoms. The number of carbonyl (C=O) groups is 1. The van der Waals surface area contributed by atoms with Crippen molar-refractivity contribution in [3.05, 3.63) is 29.3 Å². The highest BCUT2D eigenvalue weighted by Crippen LogP contribution is 2.33. The number of nitrogens with zero attached hydrogens (tertiary/aromatic N) is 1. The zero-order valence-corrected chi connectivity index (χ0v) is 12.5. The van der Waals surface area contributed by atoms with Crippen LogP contribution in [0.15, 0.2) is 18.2 Å². The topological polar surface area (TPSA) is 41.6 Å². The highest BCUT2D eigenvalue weighted by Gasteiger charge is 2.42. The number of aryl methyl sites for hydroxylation is 1. The van der Waals surface area contributed by atoms with Gasteiger partial charge in [0.25, 0.3) is 5.91 Å². The van der Waals surface area contributed by atoms with E-state index >= 15 is 0 Å². The quantitative estimate of drug-likeness (QED) is 0.902. The summed E-state index contributed by atoms with van der Waals surface area (Å²) in [5, 5.41) is 3.22. The monoisotopic (exact) mass is 286 g/mol. The number of piperidine rings is 1. The number of ether oxygens (including phenoxy) is 1. The van der Waals surface area contributed by atoms with Gasteiger partial charge in [-0.05, 0) is 49.8 Å². The van der Waals surface area contributed by atoms with Gasteiger partial charge in [-0.1, -0.05) is 6.07 Å². The normalized spacial score (nSPS) is 33.4. The van der Waals surface area contributed by atoms with Crippen molar-refractivity contribution in [1.82, 2.24) is 10.2 Å². The Labute approximate surface area is 125 Å². The Hall–Kier alpha value is -1.55. The molecule has 2 saturated heterocycles. The Morgan fingerprint density at radius 2 is 2.29 bits per heavy atom. The van der Waals surface area contributed by atoms with E-state index in [4.69, 9.17) is 4.74 Å². The third kappa shape index (κ3) is 2.31. The van der Waals surface area contributed by atoms with Gasteiger partial charge in [0.1, 0.15) is 5.75 Å². The third-order valence-electron chi connectivity index (χ3n) is 5.23. The van der Waals surface area contributed by atoms with Crippen LogP contribution in [0, 0.1) is 5.92 Å². The van der Waals surface area contributed by atoms with Crippen molar-refractivity contribution in [3.8, 4) is 5.75 Å². The Bertz CT molecular complexity index is 570. The second kappa shape index (κ2) is 5.02. The number of hydrogen-bond acceptors (Lipinski definition) is 3. The van der Waals surface area contributed by atoms with Crippen molar-refractivity contribution < 1.29 is 9.53 Å². The van der Waals surface area contributed by atoms with Gasteiger partial charge < -0.3 is 10.1 Å². The second-order valence-corrected chi connectivity index (χ2v) is 6.65. The highest BCUT2D eigenvalue weighted by molar-refractivity contribution is 5.95. The van der Waals surface area contributed by atoms with Gasteiger partial charge in [0, 0.05) is 30.7 Å². The molecular weight excluding hydrogens is 264 g/mol. The minimum atomic E-state index is 0.0402. The number of nitrogens with one attached hydrogen (secondary N) is 1. The van der Waals surface area contributed by atoms with Crippen LogP contribution >= 0.6 is 0 Å². The summed E-state index contributed by atoms with van der Waals surface area (Å²) in [5.74, 6) is 1.55. The van der Waals surface area contributed by atoms with Gasteiger partial charge in [-0.25, -0.2) is 0 Å². The second-order valence-electron chi connectivity index (χ2n) is 6.65. The fraction of sp³-hybridized carbons (Fsp3) is 0.588. The number of fused-ring (bicyclic) bond motifs is 3. The van der Waals surface area contributed by atoms with Crippen LogP contribution in [0.25, 0.3) is 0 Å². The first kappa shape index (κ1) is 13.1. The van der Waals surface area contributed by atoms with Crippen LogP contribution in [-0.2, 0) is 6.42 Å². The standard InChI is InChI=1S/C17H22N2O2/c1-11-7-14-9-19(11)10-15(14)18-17(20)13-5-4-12-3-2-6-21-16(12)8-13/h4-5,8,11,14-15H,2-3,6-7,9-10H2,1H3,(H,18,20). The van der Waals surface area contributed by atoms with Crippen LogP contribution in [-0.4, -0.2) is 42.6 Å². The highest BCUT2D eigenvalue weighted by atomic mass is 16.5. The molecule has 2 fully saturated rings. The Morgan fingerprint density at radius 1 is 1.38 bits per heavy atom. The summed E-state index contributed by atoms with van der Waals surface area (Å²) in [6, 6.07) is 6.86. The smallest absolute Gasteiger partial charge is 0.251 e. The van der Waals surface area contributed by atoms with E-state index < -0.39 is 0 Å². The van der Waals surface area contributed by atoms with Gasteiger partial charge in [0.15, 0.2) is 0 Å². The summed E-state index contributed by atoms with van der Waals surface area (Å²) in [4.78, 5) is 14.9. The number of benzene rings is 1. The summed E-state index contributed by atoms with van der Waals surface area (Å²) in [5.41, 5.74) is 1.94. The molecular formula is C17H22N2O2. The van der Waals surface area contributed by atoms with Crippen LogP contribution in [0.3, 0.4) is 0 Å². The lowest BCUT2D eigenvalue weighted by Crippen LogP contribution is -2.45. The number of rotatable bonds is 2. The Balaban J connectivity index is 1.46. The molecule has 0 aromatic heterocycles. The lowest BCUT2D eigenvalue weighted by Gasteiger charge is -2.28. The zero-order valence-electron chi connectivity index (χ0n) is 12.5. The number of hydrogen-bond donors (Lipinski definition) is 1. The van der Waals surface area contributed by atoms with Gasteiger partial charge in [0.05, 0.1) is 6.61 Å². The lowest BCUT2D eigenvalue weighted by molar-refractivity contribution is 0.0918. The predicted molar refractivity (Wildman–Crippen MR) is 80.7 cm³/mol. The minimum absolute atomic E-state index is 0.0402. The van der Waals surface area contributed by atoms with E-state index in [0.29, 0.717) is 18.0 Å². The van der Waals surface area contributed by atoms with Crippen LogP contribution < -0.4 is 10.1 Å². The maximum absolute atomic E-state index is 12.5. The molecule has 1 aromatic rings. The molecule has 1 amide bonds. The fourth-order valence-corrected chi connectivity index (χ4v) is 3.99. The molecule has 0 spiro atoms. The largest absolute Gasteiger partial charge is 0.493 e. The minimum Gasteiger partial charge on any atom is -0.493 e. The summed E-state index contributed by atoms with van der Waals surface area (Å²) >= 11 is 0. The van der Waals surface area contributed by atoms with Gasteiger partial charge in [0.2, 0.25) is 0 Å². The molecule has 2 bridgehead atoms. The maximum Gasteiger partial charge on any atom is 0.251 e. The molecule has 0 aliphatic carbocycles. The van der Waals surface area contributed by atoms with Gasteiger partial charge in [-0.2, -0.15) is 0 Å². The SMILES string of the molecule is CC1CC2CN1CC2NC(=O)c1ccc2c(c1)OCCC2. The molecule has 3 heterocycles. The molecule has 0 radical (unpaired) electrons. The fourth-order valence-electron chi connectivity index (χ4n) is 3.99. The van der Waals surface area contributed by atoms with Crippen molar-refractivity contribution >= 4 is 5.91 Å². The van der Waals surface area contributed by atoms with Crippen LogP contribution in [0.1, 0.15) is 35.7 Å². The Morgan fingerprint density at radius 3 is 3.05 bits per heavy atom. The summed E-state index contributed by atoms with van der Waals surface area (Å²) < 4.78 is 5.66. The van der Waals surface area contributed by atoms with Gasteiger partial charge in [-0.3, -0.25) is 9.69 Å². The van der Waals surface area contributed by atoms with Crippen LogP contribution in [0.5, 0.6) is 5.75 Å². The van der Waals surface area contributed by atoms with Crippen molar-refractivity contribution in [1.29, 1.82) is 0 Å². The van der Waals surface area contributed by atoms with Crippen molar-refractivity contribution in [2.24, 2.45) is 5.92 Å².